The number of fused-ring (bicyclic) bond motifs is 3. The van der Waals surface area contributed by atoms with E-state index in [9.17, 15) is 13.2 Å². The third kappa shape index (κ3) is 5.03. The number of halogens is 3. The monoisotopic (exact) mass is 428 g/mol. The fraction of sp³-hybridized carbons (Fsp3) is 0.923. The fourth-order valence-corrected chi connectivity index (χ4v) is 8.03. The Morgan fingerprint density at radius 3 is 2.23 bits per heavy atom. The maximum absolute atomic E-state index is 13.3. The van der Waals surface area contributed by atoms with Crippen LogP contribution in [-0.4, -0.2) is 18.4 Å². The number of aliphatic hydroxyl groups excluding tert-OH is 1. The highest BCUT2D eigenvalue weighted by atomic mass is 19.4. The Labute approximate surface area is 182 Å². The summed E-state index contributed by atoms with van der Waals surface area (Å²) in [6.07, 6.45) is 6.26. The van der Waals surface area contributed by atoms with Crippen LogP contribution in [-0.2, 0) is 0 Å². The Morgan fingerprint density at radius 1 is 0.967 bits per heavy atom. The van der Waals surface area contributed by atoms with Gasteiger partial charge in [0.15, 0.2) is 0 Å². The minimum absolute atomic E-state index is 0.139. The van der Waals surface area contributed by atoms with Gasteiger partial charge in [0.1, 0.15) is 0 Å². The number of hydrogen-bond donors (Lipinski definition) is 1. The van der Waals surface area contributed by atoms with E-state index in [1.165, 1.54) is 25.7 Å². The van der Waals surface area contributed by atoms with E-state index in [-0.39, 0.29) is 11.3 Å². The van der Waals surface area contributed by atoms with Gasteiger partial charge in [-0.3, -0.25) is 0 Å². The second-order valence-corrected chi connectivity index (χ2v) is 10.5. The van der Waals surface area contributed by atoms with Gasteiger partial charge in [0, 0.05) is 20.0 Å². The van der Waals surface area contributed by atoms with Gasteiger partial charge in [-0.15, -0.1) is 11.8 Å². The van der Waals surface area contributed by atoms with E-state index in [0.717, 1.165) is 51.6 Å². The Bertz CT molecular complexity index is 604. The predicted octanol–water partition coefficient (Wildman–Crippen LogP) is 7.63. The molecule has 3 fully saturated rings. The molecule has 7 atom stereocenters. The molecule has 0 amide bonds. The largest absolute Gasteiger partial charge is 0.400 e. The second-order valence-electron chi connectivity index (χ2n) is 10.5. The van der Waals surface area contributed by atoms with Crippen molar-refractivity contribution in [3.63, 3.8) is 0 Å². The van der Waals surface area contributed by atoms with Crippen molar-refractivity contribution in [1.29, 1.82) is 0 Å². The Hall–Kier alpha value is -0.690. The van der Waals surface area contributed by atoms with E-state index < -0.39 is 12.6 Å². The van der Waals surface area contributed by atoms with Gasteiger partial charge in [-0.2, -0.15) is 13.2 Å². The predicted molar refractivity (Wildman–Crippen MR) is 118 cm³/mol. The van der Waals surface area contributed by atoms with Crippen LogP contribution in [0.15, 0.2) is 0 Å². The molecule has 174 valence electrons. The average molecular weight is 429 g/mol. The van der Waals surface area contributed by atoms with Crippen LogP contribution in [0.4, 0.5) is 13.2 Å². The van der Waals surface area contributed by atoms with Gasteiger partial charge in [-0.1, -0.05) is 27.2 Å². The molecule has 1 N–H and O–H groups in total. The van der Waals surface area contributed by atoms with E-state index in [0.29, 0.717) is 23.2 Å². The van der Waals surface area contributed by atoms with E-state index in [4.69, 9.17) is 5.11 Å². The SMILES string of the molecule is CC#CCCC1CCC2C3CCC(CC(F)(F)F)C(C)(CCC)C3CCC12C.CO. The molecule has 3 rings (SSSR count). The molecular formula is C26H43F3O. The molecule has 0 aromatic heterocycles. The summed E-state index contributed by atoms with van der Waals surface area (Å²) in [4.78, 5) is 0. The third-order valence-corrected chi connectivity index (χ3v) is 9.32. The van der Waals surface area contributed by atoms with Crippen molar-refractivity contribution < 1.29 is 18.3 Å². The van der Waals surface area contributed by atoms with Crippen LogP contribution in [0.1, 0.15) is 98.3 Å². The van der Waals surface area contributed by atoms with Crippen LogP contribution in [0.2, 0.25) is 0 Å². The zero-order valence-corrected chi connectivity index (χ0v) is 19.7. The van der Waals surface area contributed by atoms with E-state index in [1.807, 2.05) is 6.92 Å². The lowest BCUT2D eigenvalue weighted by Gasteiger charge is -2.59. The van der Waals surface area contributed by atoms with Crippen LogP contribution >= 0.6 is 0 Å². The smallest absolute Gasteiger partial charge is 0.389 e. The standard InChI is InChI=1S/C25H39F3.CH4O/c1-5-7-8-9-18-11-13-21-20-12-10-19(17-25(26,27)28)23(3,15-6-2)22(20)14-16-24(18,21)4;1-2/h18-22H,6,8-17H2,1-4H3;2H,1H3. The van der Waals surface area contributed by atoms with E-state index >= 15 is 0 Å². The van der Waals surface area contributed by atoms with Crippen molar-refractivity contribution in [3.05, 3.63) is 0 Å². The van der Waals surface area contributed by atoms with Crippen molar-refractivity contribution in [1.82, 2.24) is 0 Å². The van der Waals surface area contributed by atoms with Crippen LogP contribution in [0.3, 0.4) is 0 Å². The molecule has 0 bridgehead atoms. The van der Waals surface area contributed by atoms with E-state index in [2.05, 4.69) is 32.6 Å². The lowest BCUT2D eigenvalue weighted by atomic mass is 9.46. The molecule has 0 saturated heterocycles. The Kier molecular flexibility index (Phi) is 8.77. The summed E-state index contributed by atoms with van der Waals surface area (Å²) in [6, 6.07) is 0. The van der Waals surface area contributed by atoms with Gasteiger partial charge in [0.2, 0.25) is 0 Å². The first-order chi connectivity index (χ1) is 14.2. The maximum atomic E-state index is 13.3. The highest BCUT2D eigenvalue weighted by molar-refractivity contribution is 5.09. The third-order valence-electron chi connectivity index (χ3n) is 9.32. The molecule has 0 aromatic carbocycles. The molecule has 3 aliphatic rings. The molecule has 0 spiro atoms. The molecule has 0 aliphatic heterocycles. The van der Waals surface area contributed by atoms with Gasteiger partial charge in [0.25, 0.3) is 0 Å². The van der Waals surface area contributed by atoms with E-state index in [1.54, 1.807) is 0 Å². The maximum Gasteiger partial charge on any atom is 0.389 e. The Balaban J connectivity index is 0.00000155. The van der Waals surface area contributed by atoms with Gasteiger partial charge >= 0.3 is 6.18 Å². The number of aliphatic hydroxyl groups is 1. The zero-order chi connectivity index (χ0) is 22.6. The fourth-order valence-electron chi connectivity index (χ4n) is 8.03. The summed E-state index contributed by atoms with van der Waals surface area (Å²) in [5, 5.41) is 7.00. The van der Waals surface area contributed by atoms with Crippen molar-refractivity contribution in [2.24, 2.45) is 40.4 Å². The first-order valence-corrected chi connectivity index (χ1v) is 12.1. The van der Waals surface area contributed by atoms with Gasteiger partial charge in [-0.25, -0.2) is 0 Å². The molecule has 1 nitrogen and oxygen atoms in total. The topological polar surface area (TPSA) is 20.2 Å². The summed E-state index contributed by atoms with van der Waals surface area (Å²) < 4.78 is 39.9. The zero-order valence-electron chi connectivity index (χ0n) is 19.7. The van der Waals surface area contributed by atoms with Crippen LogP contribution in [0, 0.1) is 52.3 Å². The number of alkyl halides is 3. The van der Waals surface area contributed by atoms with Gasteiger partial charge in [0.05, 0.1) is 0 Å². The minimum atomic E-state index is -4.03. The molecule has 7 unspecified atom stereocenters. The molecular weight excluding hydrogens is 385 g/mol. The molecule has 4 heteroatoms. The highest BCUT2D eigenvalue weighted by Crippen LogP contribution is 2.67. The normalized spacial score (nSPS) is 40.4. The highest BCUT2D eigenvalue weighted by Gasteiger charge is 2.59. The summed E-state index contributed by atoms with van der Waals surface area (Å²) in [6.45, 7) is 8.78. The number of hydrogen-bond acceptors (Lipinski definition) is 1. The molecule has 3 saturated carbocycles. The lowest BCUT2D eigenvalue weighted by molar-refractivity contribution is -0.177. The minimum Gasteiger partial charge on any atom is -0.400 e. The Morgan fingerprint density at radius 2 is 1.63 bits per heavy atom. The summed E-state index contributed by atoms with van der Waals surface area (Å²) in [5.41, 5.74) is 0.251. The summed E-state index contributed by atoms with van der Waals surface area (Å²) >= 11 is 0. The van der Waals surface area contributed by atoms with Crippen molar-refractivity contribution in [3.8, 4) is 11.8 Å². The first kappa shape index (κ1) is 25.6. The second kappa shape index (κ2) is 10.3. The summed E-state index contributed by atoms with van der Waals surface area (Å²) in [7, 11) is 1.00. The lowest BCUT2D eigenvalue weighted by Crippen LogP contribution is -2.52. The molecule has 3 aliphatic carbocycles. The van der Waals surface area contributed by atoms with Crippen LogP contribution in [0.5, 0.6) is 0 Å². The molecule has 30 heavy (non-hydrogen) atoms. The molecule has 0 radical (unpaired) electrons. The van der Waals surface area contributed by atoms with Gasteiger partial charge < -0.3 is 5.11 Å². The average Bonchev–Trinajstić information content (AvgIpc) is 3.02. The molecule has 0 aromatic rings. The molecule has 0 heterocycles. The number of rotatable bonds is 5. The quantitative estimate of drug-likeness (QED) is 0.446. The van der Waals surface area contributed by atoms with Gasteiger partial charge in [-0.05, 0) is 98.7 Å². The summed E-state index contributed by atoms with van der Waals surface area (Å²) in [5.74, 6) is 8.69. The van der Waals surface area contributed by atoms with Crippen molar-refractivity contribution in [2.45, 2.75) is 105 Å². The van der Waals surface area contributed by atoms with Crippen molar-refractivity contribution in [2.75, 3.05) is 7.11 Å². The van der Waals surface area contributed by atoms with Crippen LogP contribution in [0.25, 0.3) is 0 Å². The van der Waals surface area contributed by atoms with Crippen molar-refractivity contribution >= 4 is 0 Å². The first-order valence-electron chi connectivity index (χ1n) is 12.1. The van der Waals surface area contributed by atoms with Crippen LogP contribution < -0.4 is 0 Å².